The number of halogens is 1. The summed E-state index contributed by atoms with van der Waals surface area (Å²) in [6.07, 6.45) is 1.60. The van der Waals surface area contributed by atoms with Crippen LogP contribution in [0.15, 0.2) is 21.5 Å². The largest absolute Gasteiger partial charge is 0.394 e. The van der Waals surface area contributed by atoms with E-state index in [9.17, 15) is 4.79 Å². The molecule has 2 rings (SSSR count). The monoisotopic (exact) mass is 371 g/mol. The van der Waals surface area contributed by atoms with Crippen LogP contribution in [0.1, 0.15) is 28.3 Å². The van der Waals surface area contributed by atoms with Crippen LogP contribution in [0.3, 0.4) is 0 Å². The van der Waals surface area contributed by atoms with Crippen molar-refractivity contribution < 1.29 is 5.11 Å². The molecule has 0 aliphatic rings. The zero-order valence-electron chi connectivity index (χ0n) is 12.2. The van der Waals surface area contributed by atoms with Crippen LogP contribution in [0, 0.1) is 13.8 Å². The minimum absolute atomic E-state index is 0.0844. The fourth-order valence-corrected chi connectivity index (χ4v) is 3.65. The van der Waals surface area contributed by atoms with Gasteiger partial charge in [0.25, 0.3) is 5.56 Å². The van der Waals surface area contributed by atoms with Gasteiger partial charge in [0, 0.05) is 15.8 Å². The zero-order chi connectivity index (χ0) is 15.6. The number of aryl methyl sites for hydroxylation is 2. The van der Waals surface area contributed by atoms with Crippen LogP contribution >= 0.6 is 27.3 Å². The maximum atomic E-state index is 12.1. The summed E-state index contributed by atoms with van der Waals surface area (Å²) in [5.74, 6) is 0. The molecule has 0 spiro atoms. The second kappa shape index (κ2) is 6.72. The Morgan fingerprint density at radius 3 is 2.81 bits per heavy atom. The molecule has 0 saturated carbocycles. The van der Waals surface area contributed by atoms with Crippen LogP contribution in [0.2, 0.25) is 0 Å². The van der Waals surface area contributed by atoms with Crippen LogP contribution < -0.4 is 10.9 Å². The SMILES string of the molecule is Cc1cc(C(C)Nc2cnn(CCO)c(=O)c2Br)c(C)s1. The predicted octanol–water partition coefficient (Wildman–Crippen LogP) is 2.85. The number of aliphatic hydroxyl groups excluding tert-OH is 1. The van der Waals surface area contributed by atoms with Gasteiger partial charge in [-0.2, -0.15) is 5.10 Å². The van der Waals surface area contributed by atoms with Crippen molar-refractivity contribution in [3.8, 4) is 0 Å². The number of rotatable bonds is 5. The van der Waals surface area contributed by atoms with E-state index in [4.69, 9.17) is 5.11 Å². The highest BCUT2D eigenvalue weighted by molar-refractivity contribution is 9.10. The van der Waals surface area contributed by atoms with Gasteiger partial charge in [0.15, 0.2) is 0 Å². The van der Waals surface area contributed by atoms with E-state index >= 15 is 0 Å². The Hall–Kier alpha value is -1.18. The first-order chi connectivity index (χ1) is 9.93. The van der Waals surface area contributed by atoms with Crippen molar-refractivity contribution in [1.82, 2.24) is 9.78 Å². The molecule has 0 aliphatic carbocycles. The summed E-state index contributed by atoms with van der Waals surface area (Å²) >= 11 is 5.07. The Morgan fingerprint density at radius 2 is 2.24 bits per heavy atom. The molecule has 114 valence electrons. The second-order valence-corrected chi connectivity index (χ2v) is 7.11. The van der Waals surface area contributed by atoms with Gasteiger partial charge in [-0.05, 0) is 48.3 Å². The lowest BCUT2D eigenvalue weighted by atomic mass is 10.1. The standard InChI is InChI=1S/C14H18BrN3O2S/c1-8-6-11(10(3)21-8)9(2)17-12-7-16-18(4-5-19)14(20)13(12)15/h6-7,9,17,19H,4-5H2,1-3H3. The third-order valence-electron chi connectivity index (χ3n) is 3.21. The molecule has 2 aromatic rings. The van der Waals surface area contributed by atoms with Crippen molar-refractivity contribution in [3.05, 3.63) is 42.4 Å². The molecule has 0 aliphatic heterocycles. The van der Waals surface area contributed by atoms with Crippen molar-refractivity contribution >= 4 is 33.0 Å². The maximum Gasteiger partial charge on any atom is 0.283 e. The lowest BCUT2D eigenvalue weighted by Crippen LogP contribution is -2.26. The molecule has 2 heterocycles. The fourth-order valence-electron chi connectivity index (χ4n) is 2.21. The Kier molecular flexibility index (Phi) is 5.18. The molecule has 21 heavy (non-hydrogen) atoms. The first-order valence-corrected chi connectivity index (χ1v) is 8.25. The smallest absolute Gasteiger partial charge is 0.283 e. The van der Waals surface area contributed by atoms with Crippen LogP contribution in [0.5, 0.6) is 0 Å². The van der Waals surface area contributed by atoms with E-state index in [1.807, 2.05) is 0 Å². The Bertz CT molecular complexity index is 696. The van der Waals surface area contributed by atoms with Crippen molar-refractivity contribution in [2.75, 3.05) is 11.9 Å². The van der Waals surface area contributed by atoms with Crippen molar-refractivity contribution in [1.29, 1.82) is 0 Å². The Labute approximate surface area is 135 Å². The van der Waals surface area contributed by atoms with Gasteiger partial charge in [-0.1, -0.05) is 0 Å². The number of hydrogen-bond donors (Lipinski definition) is 2. The Balaban J connectivity index is 2.26. The lowest BCUT2D eigenvalue weighted by Gasteiger charge is -2.16. The van der Waals surface area contributed by atoms with Crippen molar-refractivity contribution in [2.45, 2.75) is 33.4 Å². The first kappa shape index (κ1) is 16.2. The molecule has 0 amide bonds. The van der Waals surface area contributed by atoms with Gasteiger partial charge in [-0.25, -0.2) is 4.68 Å². The predicted molar refractivity (Wildman–Crippen MR) is 89.1 cm³/mol. The van der Waals surface area contributed by atoms with Crippen molar-refractivity contribution in [2.24, 2.45) is 0 Å². The number of aromatic nitrogens is 2. The second-order valence-electron chi connectivity index (χ2n) is 4.86. The van der Waals surface area contributed by atoms with Gasteiger partial charge >= 0.3 is 0 Å². The number of thiophene rings is 1. The highest BCUT2D eigenvalue weighted by Crippen LogP contribution is 2.29. The molecule has 0 bridgehead atoms. The van der Waals surface area contributed by atoms with E-state index in [0.29, 0.717) is 10.2 Å². The summed E-state index contributed by atoms with van der Waals surface area (Å²) < 4.78 is 1.67. The molecular formula is C14H18BrN3O2S. The van der Waals surface area contributed by atoms with E-state index in [1.54, 1.807) is 17.5 Å². The third-order valence-corrected chi connectivity index (χ3v) is 4.96. The first-order valence-electron chi connectivity index (χ1n) is 6.64. The third kappa shape index (κ3) is 3.53. The number of hydrogen-bond acceptors (Lipinski definition) is 5. The molecule has 2 aromatic heterocycles. The maximum absolute atomic E-state index is 12.1. The molecule has 0 fully saturated rings. The fraction of sp³-hybridized carbons (Fsp3) is 0.429. The summed E-state index contributed by atoms with van der Waals surface area (Å²) in [5.41, 5.74) is 1.63. The number of aliphatic hydroxyl groups is 1. The highest BCUT2D eigenvalue weighted by Gasteiger charge is 2.14. The molecule has 1 unspecified atom stereocenters. The number of anilines is 1. The Morgan fingerprint density at radius 1 is 1.52 bits per heavy atom. The van der Waals surface area contributed by atoms with E-state index in [1.165, 1.54) is 20.0 Å². The average Bonchev–Trinajstić information content (AvgIpc) is 2.77. The molecule has 5 nitrogen and oxygen atoms in total. The highest BCUT2D eigenvalue weighted by atomic mass is 79.9. The average molecular weight is 372 g/mol. The van der Waals surface area contributed by atoms with Gasteiger partial charge in [-0.15, -0.1) is 11.3 Å². The normalized spacial score (nSPS) is 12.4. The van der Waals surface area contributed by atoms with Crippen LogP contribution in [-0.4, -0.2) is 21.5 Å². The summed E-state index contributed by atoms with van der Waals surface area (Å²) in [5, 5.41) is 16.3. The van der Waals surface area contributed by atoms with E-state index in [0.717, 1.165) is 0 Å². The van der Waals surface area contributed by atoms with E-state index < -0.39 is 0 Å². The van der Waals surface area contributed by atoms with Gasteiger partial charge in [0.05, 0.1) is 25.0 Å². The molecule has 0 aromatic carbocycles. The summed E-state index contributed by atoms with van der Waals surface area (Å²) in [7, 11) is 0. The summed E-state index contributed by atoms with van der Waals surface area (Å²) in [4.78, 5) is 14.6. The lowest BCUT2D eigenvalue weighted by molar-refractivity contribution is 0.266. The molecule has 7 heteroatoms. The molecular weight excluding hydrogens is 354 g/mol. The van der Waals surface area contributed by atoms with Gasteiger partial charge < -0.3 is 10.4 Å². The van der Waals surface area contributed by atoms with Gasteiger partial charge in [0.1, 0.15) is 4.47 Å². The minimum Gasteiger partial charge on any atom is -0.394 e. The van der Waals surface area contributed by atoms with Crippen LogP contribution in [0.4, 0.5) is 5.69 Å². The van der Waals surface area contributed by atoms with Crippen LogP contribution in [0.25, 0.3) is 0 Å². The minimum atomic E-state index is -0.250. The molecule has 0 radical (unpaired) electrons. The van der Waals surface area contributed by atoms with E-state index in [2.05, 4.69) is 53.2 Å². The van der Waals surface area contributed by atoms with Crippen LogP contribution in [-0.2, 0) is 6.54 Å². The molecule has 1 atom stereocenters. The van der Waals surface area contributed by atoms with E-state index in [-0.39, 0.29) is 24.8 Å². The summed E-state index contributed by atoms with van der Waals surface area (Å²) in [6, 6.07) is 2.24. The van der Waals surface area contributed by atoms with Crippen molar-refractivity contribution in [3.63, 3.8) is 0 Å². The quantitative estimate of drug-likeness (QED) is 0.847. The summed E-state index contributed by atoms with van der Waals surface area (Å²) in [6.45, 7) is 6.31. The topological polar surface area (TPSA) is 67.2 Å². The molecule has 2 N–H and O–H groups in total. The number of nitrogens with zero attached hydrogens (tertiary/aromatic N) is 2. The van der Waals surface area contributed by atoms with Gasteiger partial charge in [0.2, 0.25) is 0 Å². The molecule has 0 saturated heterocycles. The number of nitrogens with one attached hydrogen (secondary N) is 1. The van der Waals surface area contributed by atoms with Gasteiger partial charge in [-0.3, -0.25) is 4.79 Å². The zero-order valence-corrected chi connectivity index (χ0v) is 14.6.